The first-order chi connectivity index (χ1) is 26.6. The maximum atomic E-state index is 9.91. The summed E-state index contributed by atoms with van der Waals surface area (Å²) in [4.78, 5) is 6.25. The van der Waals surface area contributed by atoms with E-state index in [-0.39, 0.29) is 43.5 Å². The van der Waals surface area contributed by atoms with Crippen LogP contribution in [0.5, 0.6) is 11.5 Å². The van der Waals surface area contributed by atoms with Crippen molar-refractivity contribution in [3.8, 4) is 22.8 Å². The van der Waals surface area contributed by atoms with Crippen LogP contribution in [0.25, 0.3) is 11.3 Å². The number of rotatable bonds is 18. The zero-order chi connectivity index (χ0) is 37.3. The molecule has 2 fully saturated rings. The molecule has 11 heteroatoms. The van der Waals surface area contributed by atoms with Crippen LogP contribution in [0.4, 0.5) is 0 Å². The number of nitrogens with zero attached hydrogens (tertiary/aromatic N) is 4. The van der Waals surface area contributed by atoms with Gasteiger partial charge in [-0.15, -0.1) is 11.7 Å². The SMILES string of the molecule is C=CCOc1ccc2c(c1)C1C(CCCCO)C(CCCCO)C=C3C(=NOC4CCCCO4)CC(n4nncc4-c4ccccc4)C(OCC=C)(O2)C31. The molecule has 0 spiro atoms. The molecule has 3 aromatic rings. The second-order valence-corrected chi connectivity index (χ2v) is 14.7. The van der Waals surface area contributed by atoms with Gasteiger partial charge in [0, 0.05) is 43.1 Å². The molecule has 2 aliphatic carbocycles. The number of benzene rings is 2. The Bertz CT molecular complexity index is 1770. The van der Waals surface area contributed by atoms with Gasteiger partial charge in [-0.25, -0.2) is 4.68 Å². The van der Waals surface area contributed by atoms with Gasteiger partial charge in [0.05, 0.1) is 36.7 Å². The van der Waals surface area contributed by atoms with Crippen LogP contribution in [-0.4, -0.2) is 76.0 Å². The van der Waals surface area contributed by atoms with Crippen LogP contribution in [0.15, 0.2) is 96.8 Å². The smallest absolute Gasteiger partial charge is 0.241 e. The Hall–Kier alpha value is -4.29. The van der Waals surface area contributed by atoms with Crippen molar-refractivity contribution in [2.45, 2.75) is 88.2 Å². The molecule has 54 heavy (non-hydrogen) atoms. The summed E-state index contributed by atoms with van der Waals surface area (Å²) in [6.45, 7) is 9.45. The number of aromatic nitrogens is 3. The van der Waals surface area contributed by atoms with E-state index in [4.69, 9.17) is 34.2 Å². The monoisotopic (exact) mass is 738 g/mol. The van der Waals surface area contributed by atoms with Crippen molar-refractivity contribution >= 4 is 5.71 Å². The standard InChI is InChI=1S/C43H54N4O7/c1-3-23-50-32-19-20-38-35(27-32)41-33(17-9-12-22-49)31(16-8-11-21-48)26-34-36(45-54-40-18-10-13-25-51-40)28-39(43(53-38,42(34)41)52-24-4-2)47-37(29-44-46-47)30-14-6-5-7-15-30/h3-7,14-15,19-20,26-27,29,31,33,39-42,48-49H,1-2,8-13,16-18,21-25,28H2. The highest BCUT2D eigenvalue weighted by atomic mass is 16.8. The maximum absolute atomic E-state index is 9.91. The number of hydrogen-bond acceptors (Lipinski definition) is 10. The van der Waals surface area contributed by atoms with Gasteiger partial charge in [0.25, 0.3) is 0 Å². The van der Waals surface area contributed by atoms with Gasteiger partial charge in [-0.1, -0.05) is 78.3 Å². The lowest BCUT2D eigenvalue weighted by Crippen LogP contribution is -2.63. The number of aliphatic hydroxyl groups excluding tert-OH is 2. The number of hydrogen-bond donors (Lipinski definition) is 2. The molecule has 7 atom stereocenters. The fourth-order valence-corrected chi connectivity index (χ4v) is 9.03. The highest BCUT2D eigenvalue weighted by molar-refractivity contribution is 6.02. The number of unbranched alkanes of at least 4 members (excludes halogenated alkanes) is 2. The molecule has 7 unspecified atom stereocenters. The molecule has 2 aromatic carbocycles. The molecule has 0 bridgehead atoms. The molecule has 1 aromatic heterocycles. The molecule has 1 saturated heterocycles. The van der Waals surface area contributed by atoms with Crippen molar-refractivity contribution < 1.29 is 34.0 Å². The predicted octanol–water partition coefficient (Wildman–Crippen LogP) is 7.54. The molecular formula is C43H54N4O7. The van der Waals surface area contributed by atoms with E-state index in [0.29, 0.717) is 26.1 Å². The van der Waals surface area contributed by atoms with Crippen LogP contribution in [-0.2, 0) is 14.3 Å². The molecule has 288 valence electrons. The highest BCUT2D eigenvalue weighted by Crippen LogP contribution is 2.63. The summed E-state index contributed by atoms with van der Waals surface area (Å²) < 4.78 is 28.5. The van der Waals surface area contributed by atoms with Crippen molar-refractivity contribution in [2.75, 3.05) is 33.0 Å². The van der Waals surface area contributed by atoms with Crippen molar-refractivity contribution in [3.05, 3.63) is 97.3 Å². The molecule has 0 radical (unpaired) electrons. The average Bonchev–Trinajstić information content (AvgIpc) is 3.70. The van der Waals surface area contributed by atoms with Crippen molar-refractivity contribution in [3.63, 3.8) is 0 Å². The lowest BCUT2D eigenvalue weighted by molar-refractivity contribution is -0.252. The Morgan fingerprint density at radius 3 is 2.56 bits per heavy atom. The molecule has 11 nitrogen and oxygen atoms in total. The zero-order valence-electron chi connectivity index (χ0n) is 31.1. The minimum Gasteiger partial charge on any atom is -0.490 e. The summed E-state index contributed by atoms with van der Waals surface area (Å²) in [6.07, 6.45) is 15.4. The quantitative estimate of drug-likeness (QED) is 0.0773. The fourth-order valence-electron chi connectivity index (χ4n) is 9.03. The maximum Gasteiger partial charge on any atom is 0.241 e. The topological polar surface area (TPSA) is 130 Å². The lowest BCUT2D eigenvalue weighted by atomic mass is 9.55. The van der Waals surface area contributed by atoms with Crippen LogP contribution in [0, 0.1) is 17.8 Å². The van der Waals surface area contributed by atoms with E-state index in [9.17, 15) is 10.2 Å². The summed E-state index contributed by atoms with van der Waals surface area (Å²) >= 11 is 0. The third-order valence-electron chi connectivity index (χ3n) is 11.4. The van der Waals surface area contributed by atoms with Crippen molar-refractivity contribution in [1.82, 2.24) is 15.0 Å². The van der Waals surface area contributed by atoms with E-state index < -0.39 is 18.1 Å². The van der Waals surface area contributed by atoms with Crippen LogP contribution in [0.3, 0.4) is 0 Å². The molecule has 2 aliphatic heterocycles. The molecule has 7 rings (SSSR count). The Balaban J connectivity index is 1.45. The van der Waals surface area contributed by atoms with Gasteiger partial charge in [-0.3, -0.25) is 0 Å². The Morgan fingerprint density at radius 2 is 1.80 bits per heavy atom. The van der Waals surface area contributed by atoms with Crippen molar-refractivity contribution in [1.29, 1.82) is 0 Å². The molecule has 2 N–H and O–H groups in total. The molecule has 0 amide bonds. The van der Waals surface area contributed by atoms with Gasteiger partial charge in [-0.05, 0) is 74.1 Å². The molecular weight excluding hydrogens is 684 g/mol. The Labute approximate surface area is 318 Å². The van der Waals surface area contributed by atoms with Gasteiger partial charge in [-0.2, -0.15) is 0 Å². The van der Waals surface area contributed by atoms with Crippen molar-refractivity contribution in [2.24, 2.45) is 22.9 Å². The summed E-state index contributed by atoms with van der Waals surface area (Å²) in [6, 6.07) is 15.7. The summed E-state index contributed by atoms with van der Waals surface area (Å²) in [7, 11) is 0. The Morgan fingerprint density at radius 1 is 0.981 bits per heavy atom. The number of aliphatic hydroxyl groups is 2. The molecule has 3 heterocycles. The van der Waals surface area contributed by atoms with E-state index in [1.807, 2.05) is 35.0 Å². The van der Waals surface area contributed by atoms with Crippen LogP contribution in [0.1, 0.15) is 81.7 Å². The van der Waals surface area contributed by atoms with E-state index in [1.165, 1.54) is 0 Å². The zero-order valence-corrected chi connectivity index (χ0v) is 31.1. The average molecular weight is 739 g/mol. The normalized spacial score (nSPS) is 28.0. The number of ether oxygens (including phenoxy) is 4. The van der Waals surface area contributed by atoms with Crippen LogP contribution >= 0.6 is 0 Å². The largest absolute Gasteiger partial charge is 0.490 e. The highest BCUT2D eigenvalue weighted by Gasteiger charge is 2.65. The van der Waals surface area contributed by atoms with Gasteiger partial charge >= 0.3 is 0 Å². The second kappa shape index (κ2) is 17.9. The van der Waals surface area contributed by atoms with E-state index in [2.05, 4.69) is 42.5 Å². The first-order valence-corrected chi connectivity index (χ1v) is 19.7. The third-order valence-corrected chi connectivity index (χ3v) is 11.4. The first kappa shape index (κ1) is 38.0. The van der Waals surface area contributed by atoms with Gasteiger partial charge in [0.15, 0.2) is 0 Å². The number of fused-ring (bicyclic) bond motifs is 2. The number of oxime groups is 1. The van der Waals surface area contributed by atoms with E-state index in [0.717, 1.165) is 91.0 Å². The first-order valence-electron chi connectivity index (χ1n) is 19.7. The molecule has 4 aliphatic rings. The predicted molar refractivity (Wildman–Crippen MR) is 206 cm³/mol. The lowest BCUT2D eigenvalue weighted by Gasteiger charge is -2.58. The molecule has 1 saturated carbocycles. The van der Waals surface area contributed by atoms with Crippen LogP contribution < -0.4 is 9.47 Å². The second-order valence-electron chi connectivity index (χ2n) is 14.7. The summed E-state index contributed by atoms with van der Waals surface area (Å²) in [5.41, 5.74) is 4.70. The number of allylic oxidation sites excluding steroid dienone is 1. The third kappa shape index (κ3) is 7.77. The Kier molecular flexibility index (Phi) is 12.6. The van der Waals surface area contributed by atoms with Gasteiger partial charge < -0.3 is 34.0 Å². The van der Waals surface area contributed by atoms with Gasteiger partial charge in [0.2, 0.25) is 12.1 Å². The summed E-state index contributed by atoms with van der Waals surface area (Å²) in [5.74, 6) is 0.101. The summed E-state index contributed by atoms with van der Waals surface area (Å²) in [5, 5.41) is 33.9. The minimum atomic E-state index is -1.25. The minimum absolute atomic E-state index is 0.0914. The van der Waals surface area contributed by atoms with Gasteiger partial charge in [0.1, 0.15) is 24.1 Å². The van der Waals surface area contributed by atoms with Crippen LogP contribution in [0.2, 0.25) is 0 Å². The van der Waals surface area contributed by atoms with E-state index >= 15 is 0 Å². The fraction of sp³-hybridized carbons (Fsp3) is 0.512. The van der Waals surface area contributed by atoms with E-state index in [1.54, 1.807) is 18.3 Å².